The number of rotatable bonds is 5. The zero-order valence-electron chi connectivity index (χ0n) is 17.4. The molecule has 0 unspecified atom stereocenters. The number of carbonyl (C=O) groups excluding carboxylic acids is 3. The fourth-order valence-corrected chi connectivity index (χ4v) is 3.48. The number of fused-ring (bicyclic) bond motifs is 2. The van der Waals surface area contributed by atoms with E-state index in [1.165, 1.54) is 6.20 Å². The minimum atomic E-state index is -0.561. The van der Waals surface area contributed by atoms with E-state index in [0.29, 0.717) is 23.7 Å². The average molecular weight is 416 g/mol. The fourth-order valence-electron chi connectivity index (χ4n) is 3.48. The van der Waals surface area contributed by atoms with Crippen LogP contribution in [0.25, 0.3) is 10.9 Å². The Morgan fingerprint density at radius 3 is 2.71 bits per heavy atom. The van der Waals surface area contributed by atoms with Crippen molar-refractivity contribution in [2.75, 3.05) is 17.2 Å². The van der Waals surface area contributed by atoms with Crippen molar-refractivity contribution in [3.63, 3.8) is 0 Å². The molecular weight excluding hydrogens is 392 g/mol. The number of nitrogens with one attached hydrogen (secondary N) is 4. The van der Waals surface area contributed by atoms with Crippen LogP contribution in [0.1, 0.15) is 29.8 Å². The fraction of sp³-hybridized carbons (Fsp3) is 0.208. The molecule has 0 aliphatic carbocycles. The van der Waals surface area contributed by atoms with Gasteiger partial charge in [-0.15, -0.1) is 0 Å². The quantitative estimate of drug-likeness (QED) is 0.477. The van der Waals surface area contributed by atoms with Crippen LogP contribution in [-0.4, -0.2) is 29.1 Å². The smallest absolute Gasteiger partial charge is 0.260 e. The van der Waals surface area contributed by atoms with Crippen molar-refractivity contribution in [2.45, 2.75) is 20.3 Å². The molecule has 1 aliphatic rings. The molecule has 4 rings (SSSR count). The molecule has 31 heavy (non-hydrogen) atoms. The van der Waals surface area contributed by atoms with E-state index < -0.39 is 5.91 Å². The van der Waals surface area contributed by atoms with E-state index in [4.69, 9.17) is 0 Å². The molecular formula is C24H24N4O3. The van der Waals surface area contributed by atoms with E-state index in [1.54, 1.807) is 18.3 Å². The first-order chi connectivity index (χ1) is 14.9. The summed E-state index contributed by atoms with van der Waals surface area (Å²) in [6.07, 6.45) is 3.32. The summed E-state index contributed by atoms with van der Waals surface area (Å²) in [6, 6.07) is 12.7. The van der Waals surface area contributed by atoms with E-state index in [9.17, 15) is 14.4 Å². The molecule has 0 saturated carbocycles. The Bertz CT molecular complexity index is 1210. The minimum Gasteiger partial charge on any atom is -0.361 e. The van der Waals surface area contributed by atoms with Crippen LogP contribution in [-0.2, 0) is 16.0 Å². The topological polar surface area (TPSA) is 103 Å². The van der Waals surface area contributed by atoms with Crippen LogP contribution >= 0.6 is 0 Å². The second-order valence-corrected chi connectivity index (χ2v) is 7.98. The Kier molecular flexibility index (Phi) is 5.58. The summed E-state index contributed by atoms with van der Waals surface area (Å²) in [5.41, 5.74) is 3.10. The summed E-state index contributed by atoms with van der Waals surface area (Å²) in [5, 5.41) is 9.55. The summed E-state index contributed by atoms with van der Waals surface area (Å²) in [6.45, 7) is 4.53. The Labute approximate surface area is 179 Å². The molecule has 2 aromatic carbocycles. The maximum Gasteiger partial charge on any atom is 0.260 e. The third-order valence-corrected chi connectivity index (χ3v) is 5.14. The van der Waals surface area contributed by atoms with Crippen molar-refractivity contribution in [3.05, 3.63) is 71.6 Å². The van der Waals surface area contributed by atoms with Gasteiger partial charge in [0.25, 0.3) is 11.8 Å². The number of H-pyrrole nitrogens is 1. The number of aromatic nitrogens is 1. The average Bonchev–Trinajstić information content (AvgIpc) is 3.12. The predicted molar refractivity (Wildman–Crippen MR) is 121 cm³/mol. The molecule has 7 nitrogen and oxygen atoms in total. The third-order valence-electron chi connectivity index (χ3n) is 5.14. The van der Waals surface area contributed by atoms with Gasteiger partial charge >= 0.3 is 0 Å². The maximum absolute atomic E-state index is 13.0. The van der Waals surface area contributed by atoms with Gasteiger partial charge in [-0.05, 0) is 35.7 Å². The lowest BCUT2D eigenvalue weighted by Gasteiger charge is -2.14. The largest absolute Gasteiger partial charge is 0.361 e. The van der Waals surface area contributed by atoms with Gasteiger partial charge in [0, 0.05) is 42.0 Å². The Morgan fingerprint density at radius 2 is 1.90 bits per heavy atom. The van der Waals surface area contributed by atoms with Crippen LogP contribution in [0.5, 0.6) is 0 Å². The molecule has 158 valence electrons. The number of hydrogen-bond acceptors (Lipinski definition) is 4. The zero-order valence-corrected chi connectivity index (χ0v) is 17.4. The number of amides is 2. The summed E-state index contributed by atoms with van der Waals surface area (Å²) in [5.74, 6) is -0.839. The first kappa shape index (κ1) is 20.4. The standard InChI is InChI=1S/C24H24N4O3/c1-14(2)12-27-23(30)17-9-16-7-8-25-20(16)11-21(17)28-24(31)18-13-26-19-6-4-3-5-15(19)10-22(18)29/h3-9,11,13-14,25-26H,10,12H2,1-2H3,(H,27,30)(H,28,31). The van der Waals surface area contributed by atoms with Gasteiger partial charge in [0.1, 0.15) is 0 Å². The highest BCUT2D eigenvalue weighted by Crippen LogP contribution is 2.26. The number of carbonyl (C=O) groups is 3. The van der Waals surface area contributed by atoms with E-state index in [-0.39, 0.29) is 23.7 Å². The highest BCUT2D eigenvalue weighted by molar-refractivity contribution is 6.25. The number of para-hydroxylation sites is 1. The van der Waals surface area contributed by atoms with E-state index in [2.05, 4.69) is 20.9 Å². The van der Waals surface area contributed by atoms with Crippen LogP contribution in [0.4, 0.5) is 11.4 Å². The van der Waals surface area contributed by atoms with Gasteiger partial charge in [-0.2, -0.15) is 0 Å². The van der Waals surface area contributed by atoms with Gasteiger partial charge < -0.3 is 20.9 Å². The highest BCUT2D eigenvalue weighted by Gasteiger charge is 2.24. The summed E-state index contributed by atoms with van der Waals surface area (Å²) in [4.78, 5) is 41.6. The van der Waals surface area contributed by atoms with E-state index in [1.807, 2.05) is 44.2 Å². The molecule has 0 radical (unpaired) electrons. The lowest BCUT2D eigenvalue weighted by atomic mass is 10.0. The van der Waals surface area contributed by atoms with Crippen LogP contribution in [0.15, 0.2) is 60.4 Å². The van der Waals surface area contributed by atoms with Crippen molar-refractivity contribution in [2.24, 2.45) is 5.92 Å². The van der Waals surface area contributed by atoms with Gasteiger partial charge in [-0.3, -0.25) is 14.4 Å². The van der Waals surface area contributed by atoms with Crippen molar-refractivity contribution >= 4 is 39.9 Å². The van der Waals surface area contributed by atoms with Gasteiger partial charge in [0.2, 0.25) is 0 Å². The number of benzene rings is 2. The molecule has 1 aliphatic heterocycles. The molecule has 7 heteroatoms. The Balaban J connectivity index is 1.62. The summed E-state index contributed by atoms with van der Waals surface area (Å²) >= 11 is 0. The molecule has 0 saturated heterocycles. The molecule has 3 aromatic rings. The Hall–Kier alpha value is -3.87. The van der Waals surface area contributed by atoms with Crippen LogP contribution in [0, 0.1) is 5.92 Å². The summed E-state index contributed by atoms with van der Waals surface area (Å²) in [7, 11) is 0. The van der Waals surface area contributed by atoms with Crippen LogP contribution in [0.2, 0.25) is 0 Å². The minimum absolute atomic E-state index is 0.0105. The molecule has 2 heterocycles. The van der Waals surface area contributed by atoms with Gasteiger partial charge in [0.05, 0.1) is 16.8 Å². The van der Waals surface area contributed by atoms with Crippen molar-refractivity contribution in [1.82, 2.24) is 10.3 Å². The highest BCUT2D eigenvalue weighted by atomic mass is 16.2. The Morgan fingerprint density at radius 1 is 1.10 bits per heavy atom. The molecule has 0 fully saturated rings. The van der Waals surface area contributed by atoms with E-state index >= 15 is 0 Å². The first-order valence-electron chi connectivity index (χ1n) is 10.2. The zero-order chi connectivity index (χ0) is 22.0. The summed E-state index contributed by atoms with van der Waals surface area (Å²) < 4.78 is 0. The SMILES string of the molecule is CC(C)CNC(=O)c1cc2cc[nH]c2cc1NC(=O)C1=CNc2ccccc2CC1=O. The lowest BCUT2D eigenvalue weighted by molar-refractivity contribution is -0.119. The number of Topliss-reactive ketones (excluding diaryl/α,β-unsaturated/α-hetero) is 1. The monoisotopic (exact) mass is 416 g/mol. The number of aromatic amines is 1. The molecule has 2 amide bonds. The normalized spacial score (nSPS) is 13.3. The van der Waals surface area contributed by atoms with Gasteiger partial charge in [-0.1, -0.05) is 32.0 Å². The molecule has 0 spiro atoms. The number of anilines is 2. The van der Waals surface area contributed by atoms with Crippen molar-refractivity contribution in [3.8, 4) is 0 Å². The van der Waals surface area contributed by atoms with Crippen molar-refractivity contribution < 1.29 is 14.4 Å². The van der Waals surface area contributed by atoms with E-state index in [0.717, 1.165) is 22.2 Å². The molecule has 1 aromatic heterocycles. The first-order valence-corrected chi connectivity index (χ1v) is 10.2. The second kappa shape index (κ2) is 8.47. The third kappa shape index (κ3) is 4.35. The van der Waals surface area contributed by atoms with Gasteiger partial charge in [-0.25, -0.2) is 0 Å². The molecule has 0 bridgehead atoms. The molecule has 4 N–H and O–H groups in total. The number of ketones is 1. The maximum atomic E-state index is 13.0. The predicted octanol–water partition coefficient (Wildman–Crippen LogP) is 3.61. The van der Waals surface area contributed by atoms with Crippen LogP contribution in [0.3, 0.4) is 0 Å². The lowest BCUT2D eigenvalue weighted by Crippen LogP contribution is -2.29. The number of hydrogen-bond donors (Lipinski definition) is 4. The van der Waals surface area contributed by atoms with Crippen LogP contribution < -0.4 is 16.0 Å². The van der Waals surface area contributed by atoms with Crippen molar-refractivity contribution in [1.29, 1.82) is 0 Å². The molecule has 0 atom stereocenters. The van der Waals surface area contributed by atoms with Gasteiger partial charge in [0.15, 0.2) is 5.78 Å². The second-order valence-electron chi connectivity index (χ2n) is 7.98.